The zero-order chi connectivity index (χ0) is 7.56. The van der Waals surface area contributed by atoms with Crippen molar-refractivity contribution in [1.29, 1.82) is 5.26 Å². The average molecular weight is 137 g/mol. The molecule has 0 amide bonds. The Morgan fingerprint density at radius 3 is 2.50 bits per heavy atom. The maximum Gasteiger partial charge on any atom is 0.0658 e. The van der Waals surface area contributed by atoms with Crippen molar-refractivity contribution in [2.24, 2.45) is 17.8 Å². The van der Waals surface area contributed by atoms with Crippen LogP contribution in [0.3, 0.4) is 0 Å². The molecule has 1 heteroatoms. The molecule has 0 aromatic rings. The van der Waals surface area contributed by atoms with Gasteiger partial charge < -0.3 is 0 Å². The smallest absolute Gasteiger partial charge is 0.0658 e. The summed E-state index contributed by atoms with van der Waals surface area (Å²) in [7, 11) is 0. The van der Waals surface area contributed by atoms with Gasteiger partial charge in [-0.2, -0.15) is 5.26 Å². The van der Waals surface area contributed by atoms with E-state index in [1.165, 1.54) is 12.8 Å². The Labute approximate surface area is 63.0 Å². The topological polar surface area (TPSA) is 23.8 Å². The van der Waals surface area contributed by atoms with E-state index in [4.69, 9.17) is 5.26 Å². The van der Waals surface area contributed by atoms with Crippen LogP contribution >= 0.6 is 0 Å². The van der Waals surface area contributed by atoms with Gasteiger partial charge in [-0.15, -0.1) is 0 Å². The van der Waals surface area contributed by atoms with E-state index in [0.29, 0.717) is 17.8 Å². The maximum absolute atomic E-state index is 8.74. The summed E-state index contributed by atoms with van der Waals surface area (Å²) < 4.78 is 0. The van der Waals surface area contributed by atoms with E-state index in [1.807, 2.05) is 0 Å². The highest BCUT2D eigenvalue weighted by Gasteiger charge is 2.28. The molecule has 0 aromatic heterocycles. The van der Waals surface area contributed by atoms with E-state index in [9.17, 15) is 0 Å². The summed E-state index contributed by atoms with van der Waals surface area (Å²) in [6.45, 7) is 4.45. The van der Waals surface area contributed by atoms with Crippen LogP contribution in [0.15, 0.2) is 0 Å². The van der Waals surface area contributed by atoms with E-state index < -0.39 is 0 Å². The maximum atomic E-state index is 8.74. The van der Waals surface area contributed by atoms with Gasteiger partial charge in [-0.3, -0.25) is 0 Å². The highest BCUT2D eigenvalue weighted by molar-refractivity contribution is 4.93. The van der Waals surface area contributed by atoms with E-state index in [-0.39, 0.29) is 0 Å². The van der Waals surface area contributed by atoms with Crippen LogP contribution in [-0.4, -0.2) is 0 Å². The monoisotopic (exact) mass is 137 g/mol. The predicted octanol–water partition coefficient (Wildman–Crippen LogP) is 2.58. The molecular weight excluding hydrogens is 122 g/mol. The first kappa shape index (κ1) is 7.60. The largest absolute Gasteiger partial charge is 0.198 e. The fourth-order valence-electron chi connectivity index (χ4n) is 1.95. The number of nitrogens with zero attached hydrogens (tertiary/aromatic N) is 1. The first-order valence-corrected chi connectivity index (χ1v) is 4.15. The molecule has 2 atom stereocenters. The SMILES string of the molecule is CC(C)C1CCCC1C#N. The molecule has 1 aliphatic rings. The van der Waals surface area contributed by atoms with Crippen LogP contribution in [0.5, 0.6) is 0 Å². The van der Waals surface area contributed by atoms with E-state index >= 15 is 0 Å². The molecule has 1 saturated carbocycles. The number of hydrogen-bond acceptors (Lipinski definition) is 1. The van der Waals surface area contributed by atoms with Crippen molar-refractivity contribution in [2.45, 2.75) is 33.1 Å². The molecule has 0 aliphatic heterocycles. The van der Waals surface area contributed by atoms with Crippen LogP contribution in [0.25, 0.3) is 0 Å². The fourth-order valence-corrected chi connectivity index (χ4v) is 1.95. The van der Waals surface area contributed by atoms with Gasteiger partial charge in [0.15, 0.2) is 0 Å². The van der Waals surface area contributed by atoms with Gasteiger partial charge in [-0.05, 0) is 24.7 Å². The van der Waals surface area contributed by atoms with Gasteiger partial charge in [0.1, 0.15) is 0 Å². The third-order valence-electron chi connectivity index (χ3n) is 2.59. The molecule has 1 aliphatic carbocycles. The molecular formula is C9H15N. The second kappa shape index (κ2) is 3.05. The number of rotatable bonds is 1. The van der Waals surface area contributed by atoms with Crippen molar-refractivity contribution in [3.8, 4) is 6.07 Å². The molecule has 0 radical (unpaired) electrons. The molecule has 1 nitrogen and oxygen atoms in total. The predicted molar refractivity (Wildman–Crippen MR) is 41.3 cm³/mol. The third kappa shape index (κ3) is 1.31. The molecule has 1 fully saturated rings. The first-order chi connectivity index (χ1) is 4.75. The Kier molecular flexibility index (Phi) is 2.32. The van der Waals surface area contributed by atoms with Crippen molar-refractivity contribution < 1.29 is 0 Å². The van der Waals surface area contributed by atoms with Crippen LogP contribution in [0.2, 0.25) is 0 Å². The summed E-state index contributed by atoms with van der Waals surface area (Å²) in [5, 5.41) is 8.74. The molecule has 0 spiro atoms. The second-order valence-electron chi connectivity index (χ2n) is 3.57. The Bertz CT molecular complexity index is 143. The molecule has 2 unspecified atom stereocenters. The van der Waals surface area contributed by atoms with Gasteiger partial charge >= 0.3 is 0 Å². The minimum absolute atomic E-state index is 0.361. The normalized spacial score (nSPS) is 32.6. The standard InChI is InChI=1S/C9H15N/c1-7(2)9-5-3-4-8(9)6-10/h7-9H,3-5H2,1-2H3. The van der Waals surface area contributed by atoms with Crippen molar-refractivity contribution >= 4 is 0 Å². The summed E-state index contributed by atoms with van der Waals surface area (Å²) in [6, 6.07) is 2.40. The molecule has 0 bridgehead atoms. The van der Waals surface area contributed by atoms with Gasteiger partial charge in [-0.1, -0.05) is 20.3 Å². The van der Waals surface area contributed by atoms with Gasteiger partial charge in [-0.25, -0.2) is 0 Å². The quantitative estimate of drug-likeness (QED) is 0.545. The lowest BCUT2D eigenvalue weighted by atomic mass is 9.87. The average Bonchev–Trinajstić information content (AvgIpc) is 2.33. The highest BCUT2D eigenvalue weighted by Crippen LogP contribution is 2.35. The molecule has 1 rings (SSSR count). The minimum Gasteiger partial charge on any atom is -0.198 e. The van der Waals surface area contributed by atoms with E-state index in [2.05, 4.69) is 19.9 Å². The zero-order valence-corrected chi connectivity index (χ0v) is 6.80. The lowest BCUT2D eigenvalue weighted by molar-refractivity contribution is 0.344. The van der Waals surface area contributed by atoms with Crippen LogP contribution < -0.4 is 0 Å². The number of nitriles is 1. The summed E-state index contributed by atoms with van der Waals surface area (Å²) in [5.74, 6) is 1.75. The minimum atomic E-state index is 0.361. The molecule has 0 saturated heterocycles. The van der Waals surface area contributed by atoms with E-state index in [0.717, 1.165) is 6.42 Å². The second-order valence-corrected chi connectivity index (χ2v) is 3.57. The van der Waals surface area contributed by atoms with Crippen molar-refractivity contribution in [2.75, 3.05) is 0 Å². The number of hydrogen-bond donors (Lipinski definition) is 0. The highest BCUT2D eigenvalue weighted by atomic mass is 14.4. The van der Waals surface area contributed by atoms with Gasteiger partial charge in [0.2, 0.25) is 0 Å². The molecule has 0 N–H and O–H groups in total. The van der Waals surface area contributed by atoms with Crippen molar-refractivity contribution in [1.82, 2.24) is 0 Å². The van der Waals surface area contributed by atoms with Crippen LogP contribution in [0.4, 0.5) is 0 Å². The van der Waals surface area contributed by atoms with Crippen LogP contribution in [0, 0.1) is 29.1 Å². The fraction of sp³-hybridized carbons (Fsp3) is 0.889. The van der Waals surface area contributed by atoms with Gasteiger partial charge in [0.05, 0.1) is 6.07 Å². The Morgan fingerprint density at radius 1 is 1.40 bits per heavy atom. The summed E-state index contributed by atoms with van der Waals surface area (Å²) in [6.07, 6.45) is 3.68. The van der Waals surface area contributed by atoms with E-state index in [1.54, 1.807) is 0 Å². The summed E-state index contributed by atoms with van der Waals surface area (Å²) >= 11 is 0. The summed E-state index contributed by atoms with van der Waals surface area (Å²) in [4.78, 5) is 0. The van der Waals surface area contributed by atoms with Gasteiger partial charge in [0, 0.05) is 5.92 Å². The lowest BCUT2D eigenvalue weighted by Gasteiger charge is -2.16. The van der Waals surface area contributed by atoms with Gasteiger partial charge in [0.25, 0.3) is 0 Å². The third-order valence-corrected chi connectivity index (χ3v) is 2.59. The van der Waals surface area contributed by atoms with Crippen LogP contribution in [0.1, 0.15) is 33.1 Å². The molecule has 56 valence electrons. The van der Waals surface area contributed by atoms with Crippen LogP contribution in [-0.2, 0) is 0 Å². The Hall–Kier alpha value is -0.510. The van der Waals surface area contributed by atoms with Crippen molar-refractivity contribution in [3.63, 3.8) is 0 Å². The molecule has 10 heavy (non-hydrogen) atoms. The molecule has 0 heterocycles. The first-order valence-electron chi connectivity index (χ1n) is 4.15. The Balaban J connectivity index is 2.52. The Morgan fingerprint density at radius 2 is 2.10 bits per heavy atom. The molecule has 0 aromatic carbocycles. The van der Waals surface area contributed by atoms with Crippen molar-refractivity contribution in [3.05, 3.63) is 0 Å². The summed E-state index contributed by atoms with van der Waals surface area (Å²) in [5.41, 5.74) is 0. The zero-order valence-electron chi connectivity index (χ0n) is 6.80. The lowest BCUT2D eigenvalue weighted by Crippen LogP contribution is -2.12.